The summed E-state index contributed by atoms with van der Waals surface area (Å²) < 4.78 is 1.41. The molecule has 0 radical (unpaired) electrons. The minimum absolute atomic E-state index is 0.407. The molecule has 2 rings (SSSR count). The number of para-hydroxylation sites is 1. The van der Waals surface area contributed by atoms with E-state index in [0.717, 1.165) is 0 Å². The molecule has 2 aromatic rings. The third-order valence-corrected chi connectivity index (χ3v) is 2.55. The van der Waals surface area contributed by atoms with Gasteiger partial charge in [0.1, 0.15) is 11.4 Å². The summed E-state index contributed by atoms with van der Waals surface area (Å²) in [5.41, 5.74) is 0.929. The van der Waals surface area contributed by atoms with E-state index in [1.165, 1.54) is 10.9 Å². The first kappa shape index (κ1) is 10.2. The number of hydrogen-bond acceptors (Lipinski definition) is 2. The van der Waals surface area contributed by atoms with Crippen LogP contribution in [0.2, 0.25) is 10.0 Å². The molecule has 76 valence electrons. The van der Waals surface area contributed by atoms with E-state index in [1.54, 1.807) is 24.3 Å². The molecule has 3 nitrogen and oxygen atoms in total. The fourth-order valence-electron chi connectivity index (χ4n) is 1.28. The number of aromatic nitrogens is 2. The Hall–Kier alpha value is -1.32. The van der Waals surface area contributed by atoms with Crippen molar-refractivity contribution in [2.75, 3.05) is 0 Å². The van der Waals surface area contributed by atoms with Crippen LogP contribution in [0.15, 0.2) is 30.5 Å². The van der Waals surface area contributed by atoms with Gasteiger partial charge in [0, 0.05) is 0 Å². The zero-order chi connectivity index (χ0) is 10.8. The Kier molecular flexibility index (Phi) is 2.75. The van der Waals surface area contributed by atoms with Crippen molar-refractivity contribution in [3.8, 4) is 5.69 Å². The number of carbonyl (C=O) groups is 1. The highest BCUT2D eigenvalue weighted by Gasteiger charge is 2.11. The first-order valence-corrected chi connectivity index (χ1v) is 4.93. The predicted molar refractivity (Wildman–Crippen MR) is 59.0 cm³/mol. The minimum Gasteiger partial charge on any atom is -0.296 e. The number of carbonyl (C=O) groups excluding carboxylic acids is 1. The van der Waals surface area contributed by atoms with Crippen LogP contribution in [0.1, 0.15) is 10.5 Å². The third kappa shape index (κ3) is 1.76. The lowest BCUT2D eigenvalue weighted by molar-refractivity contribution is 0.111. The highest BCUT2D eigenvalue weighted by molar-refractivity contribution is 6.37. The van der Waals surface area contributed by atoms with Crippen molar-refractivity contribution in [1.82, 2.24) is 9.78 Å². The van der Waals surface area contributed by atoms with Gasteiger partial charge in [-0.3, -0.25) is 4.79 Å². The molecule has 0 fully saturated rings. The van der Waals surface area contributed by atoms with Crippen LogP contribution in [0.4, 0.5) is 0 Å². The molecule has 0 aliphatic rings. The van der Waals surface area contributed by atoms with Gasteiger partial charge in [-0.25, -0.2) is 4.68 Å². The molecular formula is C10H6Cl2N2O. The van der Waals surface area contributed by atoms with Crippen LogP contribution in [0, 0.1) is 0 Å². The Balaban J connectivity index is 2.68. The van der Waals surface area contributed by atoms with E-state index in [1.807, 2.05) is 0 Å². The van der Waals surface area contributed by atoms with Gasteiger partial charge in [0.25, 0.3) is 0 Å². The van der Waals surface area contributed by atoms with Gasteiger partial charge in [0.15, 0.2) is 6.29 Å². The van der Waals surface area contributed by atoms with Gasteiger partial charge in [-0.05, 0) is 18.2 Å². The molecule has 15 heavy (non-hydrogen) atoms. The molecule has 0 N–H and O–H groups in total. The average Bonchev–Trinajstić information content (AvgIpc) is 2.65. The maximum absolute atomic E-state index is 10.7. The minimum atomic E-state index is 0.407. The smallest absolute Gasteiger partial charge is 0.168 e. The molecule has 5 heteroatoms. The van der Waals surface area contributed by atoms with Gasteiger partial charge in [-0.15, -0.1) is 0 Å². The van der Waals surface area contributed by atoms with Gasteiger partial charge in [-0.1, -0.05) is 29.3 Å². The zero-order valence-electron chi connectivity index (χ0n) is 7.52. The quantitative estimate of drug-likeness (QED) is 0.757. The van der Waals surface area contributed by atoms with Crippen LogP contribution in [-0.4, -0.2) is 16.1 Å². The first-order chi connectivity index (χ1) is 7.24. The molecule has 0 aliphatic carbocycles. The molecule has 0 aliphatic heterocycles. The van der Waals surface area contributed by atoms with Crippen LogP contribution in [0.25, 0.3) is 5.69 Å². The summed E-state index contributed by atoms with van der Waals surface area (Å²) in [5.74, 6) is 0. The molecule has 0 saturated carbocycles. The van der Waals surface area contributed by atoms with E-state index >= 15 is 0 Å². The highest BCUT2D eigenvalue weighted by Crippen LogP contribution is 2.28. The molecule has 0 amide bonds. The largest absolute Gasteiger partial charge is 0.296 e. The number of aldehydes is 1. The number of rotatable bonds is 2. The van der Waals surface area contributed by atoms with Crippen molar-refractivity contribution >= 4 is 29.5 Å². The second-order valence-electron chi connectivity index (χ2n) is 2.86. The van der Waals surface area contributed by atoms with Crippen molar-refractivity contribution in [2.24, 2.45) is 0 Å². The van der Waals surface area contributed by atoms with E-state index in [-0.39, 0.29) is 0 Å². The Morgan fingerprint density at radius 2 is 1.87 bits per heavy atom. The van der Waals surface area contributed by atoms with E-state index in [2.05, 4.69) is 5.10 Å². The lowest BCUT2D eigenvalue weighted by Crippen LogP contribution is -2.02. The Labute approximate surface area is 96.2 Å². The Morgan fingerprint density at radius 1 is 1.20 bits per heavy atom. The summed E-state index contributed by atoms with van der Waals surface area (Å²) in [6.45, 7) is 0. The van der Waals surface area contributed by atoms with E-state index in [0.29, 0.717) is 27.7 Å². The molecule has 1 aromatic carbocycles. The summed E-state index contributed by atoms with van der Waals surface area (Å²) >= 11 is 12.0. The number of benzene rings is 1. The summed E-state index contributed by atoms with van der Waals surface area (Å²) in [7, 11) is 0. The van der Waals surface area contributed by atoms with Crippen LogP contribution in [-0.2, 0) is 0 Å². The number of nitrogens with zero attached hydrogens (tertiary/aromatic N) is 2. The molecule has 1 aromatic heterocycles. The molecule has 0 spiro atoms. The van der Waals surface area contributed by atoms with Gasteiger partial charge in [0.05, 0.1) is 16.2 Å². The fraction of sp³-hybridized carbons (Fsp3) is 0. The zero-order valence-corrected chi connectivity index (χ0v) is 9.03. The van der Waals surface area contributed by atoms with Gasteiger partial charge in [-0.2, -0.15) is 5.10 Å². The van der Waals surface area contributed by atoms with E-state index in [4.69, 9.17) is 23.2 Å². The molecule has 0 saturated heterocycles. The van der Waals surface area contributed by atoms with E-state index in [9.17, 15) is 4.79 Å². The third-order valence-electron chi connectivity index (χ3n) is 1.94. The molecule has 0 atom stereocenters. The van der Waals surface area contributed by atoms with Crippen molar-refractivity contribution in [3.63, 3.8) is 0 Å². The lowest BCUT2D eigenvalue weighted by Gasteiger charge is -2.07. The molecular weight excluding hydrogens is 235 g/mol. The van der Waals surface area contributed by atoms with Crippen LogP contribution < -0.4 is 0 Å². The van der Waals surface area contributed by atoms with Crippen molar-refractivity contribution in [3.05, 3.63) is 46.2 Å². The normalized spacial score (nSPS) is 10.3. The van der Waals surface area contributed by atoms with Crippen molar-refractivity contribution in [1.29, 1.82) is 0 Å². The predicted octanol–water partition coefficient (Wildman–Crippen LogP) is 2.99. The van der Waals surface area contributed by atoms with Crippen molar-refractivity contribution in [2.45, 2.75) is 0 Å². The second kappa shape index (κ2) is 4.04. The Bertz CT molecular complexity index is 488. The maximum Gasteiger partial charge on any atom is 0.168 e. The monoisotopic (exact) mass is 240 g/mol. The SMILES string of the molecule is O=Cc1ccnn1-c1c(Cl)cccc1Cl. The molecule has 0 bridgehead atoms. The highest BCUT2D eigenvalue weighted by atomic mass is 35.5. The van der Waals surface area contributed by atoms with E-state index < -0.39 is 0 Å². The lowest BCUT2D eigenvalue weighted by atomic mass is 10.3. The average molecular weight is 241 g/mol. The van der Waals surface area contributed by atoms with Crippen LogP contribution >= 0.6 is 23.2 Å². The Morgan fingerprint density at radius 3 is 2.47 bits per heavy atom. The maximum atomic E-state index is 10.7. The standard InChI is InChI=1S/C10H6Cl2N2O/c11-8-2-1-3-9(12)10(8)14-7(6-15)4-5-13-14/h1-6H. The number of halogens is 2. The topological polar surface area (TPSA) is 34.9 Å². The molecule has 1 heterocycles. The molecule has 0 unspecified atom stereocenters. The van der Waals surface area contributed by atoms with Gasteiger partial charge in [0.2, 0.25) is 0 Å². The summed E-state index contributed by atoms with van der Waals surface area (Å²) in [6.07, 6.45) is 2.22. The number of hydrogen-bond donors (Lipinski definition) is 0. The van der Waals surface area contributed by atoms with Gasteiger partial charge >= 0.3 is 0 Å². The van der Waals surface area contributed by atoms with Gasteiger partial charge < -0.3 is 0 Å². The first-order valence-electron chi connectivity index (χ1n) is 4.17. The van der Waals surface area contributed by atoms with Crippen LogP contribution in [0.5, 0.6) is 0 Å². The van der Waals surface area contributed by atoms with Crippen molar-refractivity contribution < 1.29 is 4.79 Å². The summed E-state index contributed by atoms with van der Waals surface area (Å²) in [4.78, 5) is 10.7. The summed E-state index contributed by atoms with van der Waals surface area (Å²) in [5, 5.41) is 4.90. The van der Waals surface area contributed by atoms with Crippen LogP contribution in [0.3, 0.4) is 0 Å². The second-order valence-corrected chi connectivity index (χ2v) is 3.67. The fourth-order valence-corrected chi connectivity index (χ4v) is 1.84. The summed E-state index contributed by atoms with van der Waals surface area (Å²) in [6, 6.07) is 6.71.